The van der Waals surface area contributed by atoms with Gasteiger partial charge in [-0.3, -0.25) is 0 Å². The van der Waals surface area contributed by atoms with Gasteiger partial charge < -0.3 is 4.57 Å². The first-order valence-electron chi connectivity index (χ1n) is 15.5. The lowest BCUT2D eigenvalue weighted by Gasteiger charge is -2.61. The molecule has 0 saturated heterocycles. The van der Waals surface area contributed by atoms with Crippen LogP contribution >= 0.6 is 11.6 Å². The van der Waals surface area contributed by atoms with E-state index in [1.54, 1.807) is 6.33 Å². The number of aromatic nitrogens is 4. The maximum atomic E-state index is 6.47. The van der Waals surface area contributed by atoms with Crippen molar-refractivity contribution in [1.82, 2.24) is 19.5 Å². The number of imidazole rings is 1. The molecule has 0 amide bonds. The van der Waals surface area contributed by atoms with Crippen molar-refractivity contribution in [2.45, 2.75) is 111 Å². The molecule has 5 saturated carbocycles. The molecule has 37 heavy (non-hydrogen) atoms. The van der Waals surface area contributed by atoms with Gasteiger partial charge in [-0.25, -0.2) is 15.0 Å². The predicted octanol–water partition coefficient (Wildman–Crippen LogP) is 8.75. The summed E-state index contributed by atoms with van der Waals surface area (Å²) in [5.41, 5.74) is 3.16. The number of fused-ring (bicyclic) bond motifs is 5. The van der Waals surface area contributed by atoms with Crippen LogP contribution in [-0.4, -0.2) is 19.5 Å². The van der Waals surface area contributed by atoms with Crippen molar-refractivity contribution in [2.24, 2.45) is 57.7 Å². The molecule has 7 rings (SSSR count). The molecule has 10 atom stereocenters. The Hall–Kier alpha value is -1.16. The average molecular weight is 523 g/mol. The van der Waals surface area contributed by atoms with Crippen LogP contribution in [-0.2, 0) is 0 Å². The van der Waals surface area contributed by atoms with Gasteiger partial charge in [-0.2, -0.15) is 0 Å². The number of halogens is 1. The van der Waals surface area contributed by atoms with Crippen LogP contribution in [0.5, 0.6) is 0 Å². The fraction of sp³-hybridized carbons (Fsp3) is 0.844. The van der Waals surface area contributed by atoms with Crippen molar-refractivity contribution in [3.63, 3.8) is 0 Å². The standard InChI is InChI=1S/C32H47ClN4/c1-19(2)7-6-8-20(3)23-9-10-24-22-15-26(37-18-36-27-28(33)34-17-35-29(27)37)32-16-21(32)11-14-31(32,5)25(22)12-13-30(23,24)4/h17-26H,6-16H2,1-5H3/t20?,21?,22?,23?,24?,25?,26-,30-,31-,32?/m1/s1. The Labute approximate surface area is 228 Å². The zero-order chi connectivity index (χ0) is 25.7. The quantitative estimate of drug-likeness (QED) is 0.356. The molecule has 2 heterocycles. The van der Waals surface area contributed by atoms with Gasteiger partial charge in [-0.05, 0) is 109 Å². The Balaban J connectivity index is 1.22. The van der Waals surface area contributed by atoms with E-state index in [0.29, 0.717) is 27.4 Å². The molecule has 7 unspecified atom stereocenters. The SMILES string of the molecule is CC(C)CCCC(C)C1CCC2C3C[C@@H](n4cnc5c(Cl)ncnc54)C45CC4CC[C@]5(C)C3CC[C@]12C. The summed E-state index contributed by atoms with van der Waals surface area (Å²) in [6.07, 6.45) is 19.3. The molecular weight excluding hydrogens is 476 g/mol. The van der Waals surface area contributed by atoms with E-state index in [9.17, 15) is 0 Å². The third-order valence-electron chi connectivity index (χ3n) is 13.4. The van der Waals surface area contributed by atoms with Crippen LogP contribution in [0.4, 0.5) is 0 Å². The van der Waals surface area contributed by atoms with Crippen molar-refractivity contribution in [1.29, 1.82) is 0 Å². The summed E-state index contributed by atoms with van der Waals surface area (Å²) in [6, 6.07) is 0.507. The van der Waals surface area contributed by atoms with Gasteiger partial charge in [-0.1, -0.05) is 65.5 Å². The van der Waals surface area contributed by atoms with E-state index in [2.05, 4.69) is 50.5 Å². The lowest BCUT2D eigenvalue weighted by molar-refractivity contribution is -0.124. The normalized spacial score (nSPS) is 44.9. The summed E-state index contributed by atoms with van der Waals surface area (Å²) in [4.78, 5) is 13.7. The topological polar surface area (TPSA) is 43.6 Å². The molecule has 5 aliphatic rings. The van der Waals surface area contributed by atoms with Gasteiger partial charge in [0.25, 0.3) is 0 Å². The van der Waals surface area contributed by atoms with Gasteiger partial charge in [0.2, 0.25) is 0 Å². The van der Waals surface area contributed by atoms with Gasteiger partial charge in [-0.15, -0.1) is 0 Å². The van der Waals surface area contributed by atoms with Crippen molar-refractivity contribution in [3.8, 4) is 0 Å². The molecule has 2 aromatic heterocycles. The summed E-state index contributed by atoms with van der Waals surface area (Å²) in [6.45, 7) is 12.8. The smallest absolute Gasteiger partial charge is 0.165 e. The Morgan fingerprint density at radius 3 is 2.62 bits per heavy atom. The fourth-order valence-corrected chi connectivity index (χ4v) is 11.9. The first-order valence-corrected chi connectivity index (χ1v) is 15.9. The lowest BCUT2D eigenvalue weighted by atomic mass is 9.44. The molecular formula is C32H47ClN4. The number of hydrogen-bond acceptors (Lipinski definition) is 3. The van der Waals surface area contributed by atoms with Crippen LogP contribution in [0, 0.1) is 57.7 Å². The molecule has 202 valence electrons. The van der Waals surface area contributed by atoms with Gasteiger partial charge in [0, 0.05) is 6.04 Å². The Morgan fingerprint density at radius 1 is 1.00 bits per heavy atom. The van der Waals surface area contributed by atoms with E-state index in [-0.39, 0.29) is 0 Å². The minimum Gasteiger partial charge on any atom is -0.311 e. The average Bonchev–Trinajstić information content (AvgIpc) is 3.11. The van der Waals surface area contributed by atoms with Gasteiger partial charge in [0.1, 0.15) is 11.8 Å². The molecule has 1 spiro atoms. The molecule has 0 radical (unpaired) electrons. The number of rotatable bonds is 6. The van der Waals surface area contributed by atoms with E-state index in [4.69, 9.17) is 21.6 Å². The third kappa shape index (κ3) is 3.29. The van der Waals surface area contributed by atoms with Gasteiger partial charge >= 0.3 is 0 Å². The first kappa shape index (κ1) is 24.9. The van der Waals surface area contributed by atoms with Crippen LogP contribution in [0.2, 0.25) is 5.15 Å². The molecule has 0 aromatic carbocycles. The van der Waals surface area contributed by atoms with E-state index < -0.39 is 0 Å². The minimum absolute atomic E-state index is 0.440. The van der Waals surface area contributed by atoms with Crippen molar-refractivity contribution in [3.05, 3.63) is 17.8 Å². The van der Waals surface area contributed by atoms with Crippen LogP contribution in [0.25, 0.3) is 11.2 Å². The molecule has 0 N–H and O–H groups in total. The maximum Gasteiger partial charge on any atom is 0.165 e. The molecule has 5 heteroatoms. The summed E-state index contributed by atoms with van der Waals surface area (Å²) in [7, 11) is 0. The fourth-order valence-electron chi connectivity index (χ4n) is 11.7. The van der Waals surface area contributed by atoms with Crippen molar-refractivity contribution in [2.75, 3.05) is 0 Å². The predicted molar refractivity (Wildman–Crippen MR) is 150 cm³/mol. The molecule has 5 aliphatic carbocycles. The second-order valence-corrected chi connectivity index (χ2v) is 15.4. The minimum atomic E-state index is 0.440. The van der Waals surface area contributed by atoms with Crippen LogP contribution in [0.15, 0.2) is 12.7 Å². The molecule has 2 aromatic rings. The maximum absolute atomic E-state index is 6.47. The van der Waals surface area contributed by atoms with E-state index in [1.165, 1.54) is 70.6 Å². The third-order valence-corrected chi connectivity index (χ3v) is 13.7. The van der Waals surface area contributed by atoms with Gasteiger partial charge in [0.05, 0.1) is 6.33 Å². The highest BCUT2D eigenvalue weighted by atomic mass is 35.5. The summed E-state index contributed by atoms with van der Waals surface area (Å²) in [5, 5.41) is 0.492. The zero-order valence-electron chi connectivity index (χ0n) is 23.7. The van der Waals surface area contributed by atoms with Crippen LogP contribution in [0.3, 0.4) is 0 Å². The van der Waals surface area contributed by atoms with Crippen LogP contribution < -0.4 is 0 Å². The first-order chi connectivity index (χ1) is 17.7. The molecule has 0 aliphatic heterocycles. The highest BCUT2D eigenvalue weighted by molar-refractivity contribution is 6.33. The molecule has 4 nitrogen and oxygen atoms in total. The van der Waals surface area contributed by atoms with Gasteiger partial charge in [0.15, 0.2) is 10.8 Å². The number of hydrogen-bond donors (Lipinski definition) is 0. The Bertz CT molecular complexity index is 1190. The second-order valence-electron chi connectivity index (χ2n) is 15.0. The highest BCUT2D eigenvalue weighted by Gasteiger charge is 2.77. The lowest BCUT2D eigenvalue weighted by Crippen LogP contribution is -2.55. The Morgan fingerprint density at radius 2 is 1.84 bits per heavy atom. The number of nitrogens with zero attached hydrogens (tertiary/aromatic N) is 4. The zero-order valence-corrected chi connectivity index (χ0v) is 24.5. The van der Waals surface area contributed by atoms with E-state index in [1.807, 2.05) is 0 Å². The second kappa shape index (κ2) is 8.42. The van der Waals surface area contributed by atoms with E-state index in [0.717, 1.165) is 52.6 Å². The monoisotopic (exact) mass is 522 g/mol. The van der Waals surface area contributed by atoms with Crippen molar-refractivity contribution < 1.29 is 0 Å². The summed E-state index contributed by atoms with van der Waals surface area (Å²) < 4.78 is 2.47. The molecule has 5 fully saturated rings. The summed E-state index contributed by atoms with van der Waals surface area (Å²) in [5.74, 6) is 6.11. The molecule has 0 bridgehead atoms. The van der Waals surface area contributed by atoms with Crippen molar-refractivity contribution >= 4 is 22.8 Å². The van der Waals surface area contributed by atoms with E-state index >= 15 is 0 Å². The largest absolute Gasteiger partial charge is 0.311 e. The summed E-state index contributed by atoms with van der Waals surface area (Å²) >= 11 is 6.47. The highest BCUT2D eigenvalue weighted by Crippen LogP contribution is 2.84. The van der Waals surface area contributed by atoms with Crippen LogP contribution in [0.1, 0.15) is 111 Å². The Kier molecular flexibility index (Phi) is 5.65.